The molecule has 0 radical (unpaired) electrons. The Bertz CT molecular complexity index is 368. The van der Waals surface area contributed by atoms with E-state index in [9.17, 15) is 0 Å². The van der Waals surface area contributed by atoms with Gasteiger partial charge < -0.3 is 5.32 Å². The summed E-state index contributed by atoms with van der Waals surface area (Å²) in [4.78, 5) is 4.49. The van der Waals surface area contributed by atoms with Crippen LogP contribution in [0.4, 0.5) is 0 Å². The normalized spacial score (nSPS) is 18.3. The first-order valence-electron chi connectivity index (χ1n) is 8.45. The summed E-state index contributed by atoms with van der Waals surface area (Å²) in [5.74, 6) is 1.98. The Morgan fingerprint density at radius 2 is 2.05 bits per heavy atom. The fourth-order valence-corrected chi connectivity index (χ4v) is 3.31. The van der Waals surface area contributed by atoms with E-state index in [0.717, 1.165) is 37.7 Å². The van der Waals surface area contributed by atoms with Crippen molar-refractivity contribution < 1.29 is 0 Å². The quantitative estimate of drug-likeness (QED) is 0.794. The molecule has 1 aliphatic carbocycles. The molecule has 1 atom stereocenters. The number of hydrogen-bond donors (Lipinski definition) is 1. The molecule has 0 aromatic carbocycles. The molecular formula is C16H30N4. The maximum atomic E-state index is 4.49. The number of nitrogens with zero attached hydrogens (tertiary/aromatic N) is 3. The molecule has 0 aliphatic heterocycles. The van der Waals surface area contributed by atoms with Crippen LogP contribution in [0.3, 0.4) is 0 Å². The molecule has 1 aromatic heterocycles. The first-order chi connectivity index (χ1) is 9.85. The predicted molar refractivity (Wildman–Crippen MR) is 82.7 cm³/mol. The van der Waals surface area contributed by atoms with Crippen molar-refractivity contribution >= 4 is 0 Å². The lowest BCUT2D eigenvalue weighted by Crippen LogP contribution is -2.40. The minimum atomic E-state index is 0.579. The molecule has 0 amide bonds. The van der Waals surface area contributed by atoms with E-state index >= 15 is 0 Å². The largest absolute Gasteiger partial charge is 0.313 e. The molecule has 1 fully saturated rings. The molecule has 0 saturated heterocycles. The number of nitrogens with one attached hydrogen (secondary N) is 1. The van der Waals surface area contributed by atoms with Gasteiger partial charge in [0.15, 0.2) is 0 Å². The monoisotopic (exact) mass is 278 g/mol. The maximum Gasteiger partial charge on any atom is 0.138 e. The highest BCUT2D eigenvalue weighted by atomic mass is 15.3. The van der Waals surface area contributed by atoms with Crippen molar-refractivity contribution in [2.75, 3.05) is 6.54 Å². The third-order valence-corrected chi connectivity index (χ3v) is 4.41. The van der Waals surface area contributed by atoms with Crippen molar-refractivity contribution in [1.82, 2.24) is 20.1 Å². The number of aryl methyl sites for hydroxylation is 1. The summed E-state index contributed by atoms with van der Waals surface area (Å²) in [5.41, 5.74) is 0. The molecule has 4 nitrogen and oxygen atoms in total. The molecule has 114 valence electrons. The van der Waals surface area contributed by atoms with E-state index in [4.69, 9.17) is 0 Å². The van der Waals surface area contributed by atoms with E-state index in [0.29, 0.717) is 6.04 Å². The van der Waals surface area contributed by atoms with Gasteiger partial charge in [-0.3, -0.25) is 4.68 Å². The topological polar surface area (TPSA) is 42.7 Å². The molecule has 4 heteroatoms. The Kier molecular flexibility index (Phi) is 6.51. The van der Waals surface area contributed by atoms with Crippen LogP contribution in [0.25, 0.3) is 0 Å². The summed E-state index contributed by atoms with van der Waals surface area (Å²) in [6.07, 6.45) is 12.0. The minimum Gasteiger partial charge on any atom is -0.313 e. The highest BCUT2D eigenvalue weighted by molar-refractivity contribution is 4.93. The van der Waals surface area contributed by atoms with Crippen LogP contribution in [0.2, 0.25) is 0 Å². The van der Waals surface area contributed by atoms with E-state index in [-0.39, 0.29) is 0 Å². The lowest BCUT2D eigenvalue weighted by Gasteiger charge is -2.31. The average Bonchev–Trinajstić information content (AvgIpc) is 2.92. The van der Waals surface area contributed by atoms with E-state index in [1.807, 2.05) is 0 Å². The summed E-state index contributed by atoms with van der Waals surface area (Å²) >= 11 is 0. The van der Waals surface area contributed by atoms with Gasteiger partial charge in [0, 0.05) is 19.0 Å². The smallest absolute Gasteiger partial charge is 0.138 e. The molecule has 1 aliphatic rings. The molecule has 1 N–H and O–H groups in total. The Morgan fingerprint density at radius 3 is 2.75 bits per heavy atom. The van der Waals surface area contributed by atoms with Crippen LogP contribution in [0.5, 0.6) is 0 Å². The summed E-state index contributed by atoms with van der Waals surface area (Å²) in [5, 5.41) is 8.13. The first kappa shape index (κ1) is 15.5. The van der Waals surface area contributed by atoms with Crippen LogP contribution < -0.4 is 5.32 Å². The number of rotatable bonds is 8. The lowest BCUT2D eigenvalue weighted by atomic mass is 9.82. The van der Waals surface area contributed by atoms with Crippen LogP contribution in [-0.4, -0.2) is 27.4 Å². The zero-order chi connectivity index (χ0) is 14.2. The lowest BCUT2D eigenvalue weighted by molar-refractivity contribution is 0.262. The van der Waals surface area contributed by atoms with Crippen LogP contribution >= 0.6 is 0 Å². The summed E-state index contributed by atoms with van der Waals surface area (Å²) in [6, 6.07) is 0.579. The van der Waals surface area contributed by atoms with Crippen LogP contribution in [-0.2, 0) is 13.0 Å². The van der Waals surface area contributed by atoms with Crippen LogP contribution in [0.1, 0.15) is 64.6 Å². The minimum absolute atomic E-state index is 0.579. The molecule has 1 heterocycles. The fourth-order valence-electron chi connectivity index (χ4n) is 3.31. The molecule has 2 rings (SSSR count). The first-order valence-corrected chi connectivity index (χ1v) is 8.45. The van der Waals surface area contributed by atoms with E-state index in [1.165, 1.54) is 38.5 Å². The highest BCUT2D eigenvalue weighted by Gasteiger charge is 2.24. The van der Waals surface area contributed by atoms with Gasteiger partial charge in [-0.15, -0.1) is 0 Å². The van der Waals surface area contributed by atoms with E-state index in [1.54, 1.807) is 6.33 Å². The Labute approximate surface area is 123 Å². The number of hydrogen-bond acceptors (Lipinski definition) is 3. The van der Waals surface area contributed by atoms with E-state index in [2.05, 4.69) is 33.9 Å². The highest BCUT2D eigenvalue weighted by Crippen LogP contribution is 2.27. The second kappa shape index (κ2) is 8.40. The number of aromatic nitrogens is 3. The van der Waals surface area contributed by atoms with Crippen molar-refractivity contribution in [2.45, 2.75) is 77.8 Å². The van der Waals surface area contributed by atoms with E-state index < -0.39 is 0 Å². The molecule has 1 unspecified atom stereocenters. The van der Waals surface area contributed by atoms with Gasteiger partial charge >= 0.3 is 0 Å². The van der Waals surface area contributed by atoms with Gasteiger partial charge in [-0.25, -0.2) is 4.98 Å². The van der Waals surface area contributed by atoms with Crippen molar-refractivity contribution in [2.24, 2.45) is 5.92 Å². The van der Waals surface area contributed by atoms with Crippen molar-refractivity contribution in [3.05, 3.63) is 12.2 Å². The second-order valence-corrected chi connectivity index (χ2v) is 6.06. The molecule has 1 saturated carbocycles. The molecule has 0 spiro atoms. The van der Waals surface area contributed by atoms with Gasteiger partial charge in [-0.05, 0) is 38.1 Å². The third-order valence-electron chi connectivity index (χ3n) is 4.41. The summed E-state index contributed by atoms with van der Waals surface area (Å²) in [6.45, 7) is 6.54. The standard InChI is InChI=1S/C16H30N4/c1-3-10-17-15(14-8-6-5-7-9-14)12-16-18-13-19-20(16)11-4-2/h13-15,17H,3-12H2,1-2H3. The van der Waals surface area contributed by atoms with Crippen LogP contribution in [0, 0.1) is 5.92 Å². The maximum absolute atomic E-state index is 4.49. The SMILES string of the molecule is CCCNC(Cc1ncnn1CCC)C1CCCCC1. The summed E-state index contributed by atoms with van der Waals surface area (Å²) in [7, 11) is 0. The average molecular weight is 278 g/mol. The van der Waals surface area contributed by atoms with Gasteiger partial charge in [0.2, 0.25) is 0 Å². The third kappa shape index (κ3) is 4.30. The zero-order valence-electron chi connectivity index (χ0n) is 13.1. The second-order valence-electron chi connectivity index (χ2n) is 6.06. The van der Waals surface area contributed by atoms with Gasteiger partial charge in [0.05, 0.1) is 0 Å². The van der Waals surface area contributed by atoms with Crippen molar-refractivity contribution in [1.29, 1.82) is 0 Å². The molecule has 0 bridgehead atoms. The fraction of sp³-hybridized carbons (Fsp3) is 0.875. The van der Waals surface area contributed by atoms with Crippen molar-refractivity contribution in [3.63, 3.8) is 0 Å². The van der Waals surface area contributed by atoms with Crippen molar-refractivity contribution in [3.8, 4) is 0 Å². The molecule has 1 aromatic rings. The van der Waals surface area contributed by atoms with Gasteiger partial charge in [-0.2, -0.15) is 5.10 Å². The zero-order valence-corrected chi connectivity index (χ0v) is 13.1. The molecule has 20 heavy (non-hydrogen) atoms. The van der Waals surface area contributed by atoms with Gasteiger partial charge in [-0.1, -0.05) is 33.1 Å². The van der Waals surface area contributed by atoms with Gasteiger partial charge in [0.25, 0.3) is 0 Å². The predicted octanol–water partition coefficient (Wildman–Crippen LogP) is 3.18. The van der Waals surface area contributed by atoms with Crippen LogP contribution in [0.15, 0.2) is 6.33 Å². The Balaban J connectivity index is 1.99. The Morgan fingerprint density at radius 1 is 1.25 bits per heavy atom. The Hall–Kier alpha value is -0.900. The van der Waals surface area contributed by atoms with Gasteiger partial charge in [0.1, 0.15) is 12.2 Å². The molecular weight excluding hydrogens is 248 g/mol. The summed E-state index contributed by atoms with van der Waals surface area (Å²) < 4.78 is 2.09.